The minimum atomic E-state index is -4.72. The van der Waals surface area contributed by atoms with Crippen molar-refractivity contribution in [2.45, 2.75) is 25.2 Å². The Morgan fingerprint density at radius 3 is 2.29 bits per heavy atom. The molecule has 0 amide bonds. The molecule has 0 aliphatic rings. The Balaban J connectivity index is 1.98. The summed E-state index contributed by atoms with van der Waals surface area (Å²) >= 11 is 0.832. The maximum Gasteiger partial charge on any atom is 0.348 e. The first-order chi connectivity index (χ1) is 14.5. The fourth-order valence-electron chi connectivity index (χ4n) is 2.96. The number of hydrogen-bond acceptors (Lipinski definition) is 4. The molecular weight excluding hydrogens is 451 g/mol. The zero-order chi connectivity index (χ0) is 22.9. The smallest absolute Gasteiger partial charge is 0.348 e. The lowest BCUT2D eigenvalue weighted by molar-refractivity contribution is 0.0703. The molecule has 0 spiro atoms. The molecule has 0 saturated carbocycles. The Hall–Kier alpha value is -2.85. The van der Waals surface area contributed by atoms with Crippen LogP contribution in [0.15, 0.2) is 47.4 Å². The predicted molar refractivity (Wildman–Crippen MR) is 112 cm³/mol. The van der Waals surface area contributed by atoms with Gasteiger partial charge in [-0.3, -0.25) is 4.72 Å². The van der Waals surface area contributed by atoms with E-state index in [9.17, 15) is 31.5 Å². The van der Waals surface area contributed by atoms with Crippen molar-refractivity contribution in [2.24, 2.45) is 5.92 Å². The van der Waals surface area contributed by atoms with Gasteiger partial charge in [-0.15, -0.1) is 11.3 Å². The van der Waals surface area contributed by atoms with E-state index in [0.29, 0.717) is 28.5 Å². The number of aromatic carboxylic acids is 1. The van der Waals surface area contributed by atoms with Crippen LogP contribution in [0.1, 0.15) is 29.1 Å². The van der Waals surface area contributed by atoms with E-state index in [-0.39, 0.29) is 10.6 Å². The summed E-state index contributed by atoms with van der Waals surface area (Å²) in [5.74, 6) is -6.30. The molecule has 0 unspecified atom stereocenters. The van der Waals surface area contributed by atoms with E-state index < -0.39 is 38.3 Å². The average Bonchev–Trinajstić information content (AvgIpc) is 3.09. The minimum absolute atomic E-state index is 0.303. The van der Waals surface area contributed by atoms with Gasteiger partial charge in [-0.05, 0) is 41.7 Å². The highest BCUT2D eigenvalue weighted by Crippen LogP contribution is 2.36. The van der Waals surface area contributed by atoms with Gasteiger partial charge >= 0.3 is 5.97 Å². The Kier molecular flexibility index (Phi) is 6.42. The Bertz CT molecular complexity index is 1240. The van der Waals surface area contributed by atoms with Crippen molar-refractivity contribution < 1.29 is 31.5 Å². The number of carbonyl (C=O) groups is 1. The molecule has 31 heavy (non-hydrogen) atoms. The molecule has 0 aliphatic heterocycles. The quantitative estimate of drug-likeness (QED) is 0.446. The van der Waals surface area contributed by atoms with Gasteiger partial charge in [0.05, 0.1) is 5.69 Å². The van der Waals surface area contributed by atoms with Crippen LogP contribution in [0.25, 0.3) is 10.4 Å². The van der Waals surface area contributed by atoms with Crippen molar-refractivity contribution in [3.8, 4) is 10.4 Å². The van der Waals surface area contributed by atoms with E-state index in [1.165, 1.54) is 6.07 Å². The van der Waals surface area contributed by atoms with Gasteiger partial charge in [-0.1, -0.05) is 38.1 Å². The van der Waals surface area contributed by atoms with E-state index in [4.69, 9.17) is 0 Å². The summed E-state index contributed by atoms with van der Waals surface area (Å²) in [6.07, 6.45) is 0.871. The third kappa shape index (κ3) is 4.91. The van der Waals surface area contributed by atoms with Crippen molar-refractivity contribution >= 4 is 33.0 Å². The average molecular weight is 470 g/mol. The first-order valence-electron chi connectivity index (χ1n) is 9.12. The second kappa shape index (κ2) is 8.72. The molecule has 2 aromatic carbocycles. The zero-order valence-electron chi connectivity index (χ0n) is 16.4. The van der Waals surface area contributed by atoms with Gasteiger partial charge < -0.3 is 5.11 Å². The lowest BCUT2D eigenvalue weighted by Crippen LogP contribution is -2.16. The number of anilines is 1. The number of halogens is 3. The maximum absolute atomic E-state index is 14.0. The molecule has 3 rings (SSSR count). The standard InChI is InChI=1S/C21H18F3NO4S2/c1-11(2)9-12-3-5-13(6-4-12)16-10-15(20(30-16)21(26)27)25-31(28,29)17-8-7-14(22)18(23)19(17)24/h3-8,10-11,25H,9H2,1-2H3,(H,26,27). The van der Waals surface area contributed by atoms with Crippen LogP contribution in [0.3, 0.4) is 0 Å². The number of benzene rings is 2. The van der Waals surface area contributed by atoms with Gasteiger partial charge in [-0.25, -0.2) is 26.4 Å². The van der Waals surface area contributed by atoms with Crippen molar-refractivity contribution in [3.63, 3.8) is 0 Å². The van der Waals surface area contributed by atoms with E-state index in [1.54, 1.807) is 12.1 Å². The van der Waals surface area contributed by atoms with Crippen molar-refractivity contribution in [2.75, 3.05) is 4.72 Å². The minimum Gasteiger partial charge on any atom is -0.477 e. The van der Waals surface area contributed by atoms with E-state index in [1.807, 2.05) is 16.9 Å². The molecule has 0 aliphatic carbocycles. The molecule has 2 N–H and O–H groups in total. The summed E-state index contributed by atoms with van der Waals surface area (Å²) in [5, 5.41) is 9.46. The Labute approximate surface area is 181 Å². The van der Waals surface area contributed by atoms with Crippen molar-refractivity contribution in [3.05, 3.63) is 70.4 Å². The molecule has 0 radical (unpaired) electrons. The number of thiophene rings is 1. The summed E-state index contributed by atoms with van der Waals surface area (Å²) in [7, 11) is -4.72. The Morgan fingerprint density at radius 2 is 1.71 bits per heavy atom. The van der Waals surface area contributed by atoms with Gasteiger partial charge in [0.15, 0.2) is 17.5 Å². The van der Waals surface area contributed by atoms with Crippen molar-refractivity contribution in [1.29, 1.82) is 0 Å². The monoisotopic (exact) mass is 469 g/mol. The second-order valence-corrected chi connectivity index (χ2v) is 9.94. The Morgan fingerprint density at radius 1 is 1.06 bits per heavy atom. The number of hydrogen-bond donors (Lipinski definition) is 2. The molecule has 10 heteroatoms. The van der Waals surface area contributed by atoms with Crippen LogP contribution in [0.2, 0.25) is 0 Å². The third-order valence-electron chi connectivity index (χ3n) is 4.34. The van der Waals surface area contributed by atoms with E-state index in [0.717, 1.165) is 23.3 Å². The van der Waals surface area contributed by atoms with E-state index >= 15 is 0 Å². The summed E-state index contributed by atoms with van der Waals surface area (Å²) in [6.45, 7) is 4.17. The van der Waals surface area contributed by atoms with Gasteiger partial charge in [0.1, 0.15) is 9.77 Å². The van der Waals surface area contributed by atoms with Crippen LogP contribution < -0.4 is 4.72 Å². The number of carboxylic acids is 1. The first kappa shape index (κ1) is 22.8. The maximum atomic E-state index is 14.0. The lowest BCUT2D eigenvalue weighted by Gasteiger charge is -2.09. The third-order valence-corrected chi connectivity index (χ3v) is 6.90. The van der Waals surface area contributed by atoms with Gasteiger partial charge in [-0.2, -0.15) is 0 Å². The first-order valence-corrected chi connectivity index (χ1v) is 11.4. The molecule has 1 heterocycles. The zero-order valence-corrected chi connectivity index (χ0v) is 18.1. The van der Waals surface area contributed by atoms with Crippen LogP contribution in [-0.4, -0.2) is 19.5 Å². The molecule has 164 valence electrons. The highest BCUT2D eigenvalue weighted by atomic mass is 32.2. The number of sulfonamides is 1. The number of rotatable bonds is 7. The van der Waals surface area contributed by atoms with Crippen molar-refractivity contribution in [1.82, 2.24) is 0 Å². The normalized spacial score (nSPS) is 11.7. The summed E-state index contributed by atoms with van der Waals surface area (Å²) in [5.41, 5.74) is 1.47. The highest BCUT2D eigenvalue weighted by Gasteiger charge is 2.27. The predicted octanol–water partition coefficient (Wildman–Crippen LogP) is 5.53. The molecule has 0 fully saturated rings. The molecule has 5 nitrogen and oxygen atoms in total. The fraction of sp³-hybridized carbons (Fsp3) is 0.190. The molecular formula is C21H18F3NO4S2. The summed E-state index contributed by atoms with van der Waals surface area (Å²) in [4.78, 5) is 10.6. The van der Waals surface area contributed by atoms with Gasteiger partial charge in [0, 0.05) is 4.88 Å². The molecule has 0 saturated heterocycles. The van der Waals surface area contributed by atoms with Gasteiger partial charge in [0.25, 0.3) is 10.0 Å². The highest BCUT2D eigenvalue weighted by molar-refractivity contribution is 7.92. The SMILES string of the molecule is CC(C)Cc1ccc(-c2cc(NS(=O)(=O)c3ccc(F)c(F)c3F)c(C(=O)O)s2)cc1. The second-order valence-electron chi connectivity index (χ2n) is 7.23. The van der Waals surface area contributed by atoms with Gasteiger partial charge in [0.2, 0.25) is 0 Å². The molecule has 0 atom stereocenters. The molecule has 0 bridgehead atoms. The van der Waals surface area contributed by atoms with Crippen LogP contribution in [0.5, 0.6) is 0 Å². The number of nitrogens with one attached hydrogen (secondary N) is 1. The largest absolute Gasteiger partial charge is 0.477 e. The summed E-state index contributed by atoms with van der Waals surface area (Å²) < 4.78 is 67.6. The molecule has 3 aromatic rings. The van der Waals surface area contributed by atoms with E-state index in [2.05, 4.69) is 13.8 Å². The van der Waals surface area contributed by atoms with Crippen LogP contribution in [0, 0.1) is 23.4 Å². The summed E-state index contributed by atoms with van der Waals surface area (Å²) in [6, 6.07) is 9.73. The molecule has 1 aromatic heterocycles. The van der Waals surface area contributed by atoms with Crippen LogP contribution in [-0.2, 0) is 16.4 Å². The van der Waals surface area contributed by atoms with Crippen LogP contribution in [0.4, 0.5) is 18.9 Å². The van der Waals surface area contributed by atoms with Crippen LogP contribution >= 0.6 is 11.3 Å². The lowest BCUT2D eigenvalue weighted by atomic mass is 10.0. The topological polar surface area (TPSA) is 83.5 Å². The number of carboxylic acid groups (broad SMARTS) is 1. The fourth-order valence-corrected chi connectivity index (χ4v) is 5.12.